The summed E-state index contributed by atoms with van der Waals surface area (Å²) in [5.74, 6) is 1.93. The standard InChI is InChI=1S/C16H30N2O2/c1-12(2)16-14(4-3-9-20-16)11-18-15(19)6-5-13-7-8-17-10-13/h12-14,16-17H,3-11H2,1-2H3,(H,18,19). The lowest BCUT2D eigenvalue weighted by molar-refractivity contribution is -0.122. The van der Waals surface area contributed by atoms with Crippen molar-refractivity contribution in [3.05, 3.63) is 0 Å². The summed E-state index contributed by atoms with van der Waals surface area (Å²) in [6.07, 6.45) is 5.52. The van der Waals surface area contributed by atoms with E-state index in [1.165, 1.54) is 12.8 Å². The van der Waals surface area contributed by atoms with Gasteiger partial charge in [0, 0.05) is 25.5 Å². The first-order chi connectivity index (χ1) is 9.66. The highest BCUT2D eigenvalue weighted by molar-refractivity contribution is 5.75. The van der Waals surface area contributed by atoms with E-state index in [4.69, 9.17) is 4.74 Å². The molecule has 2 fully saturated rings. The first kappa shape index (κ1) is 15.8. The van der Waals surface area contributed by atoms with Crippen LogP contribution in [0.1, 0.15) is 46.0 Å². The Bertz CT molecular complexity index is 301. The van der Waals surface area contributed by atoms with E-state index in [-0.39, 0.29) is 5.91 Å². The van der Waals surface area contributed by atoms with Gasteiger partial charge in [0.1, 0.15) is 0 Å². The second kappa shape index (κ2) is 7.99. The van der Waals surface area contributed by atoms with Gasteiger partial charge in [0.2, 0.25) is 5.91 Å². The SMILES string of the molecule is CC(C)C1OCCCC1CNC(=O)CCC1CCNC1. The predicted octanol–water partition coefficient (Wildman–Crippen LogP) is 1.94. The molecule has 0 aromatic heterocycles. The Morgan fingerprint density at radius 1 is 1.40 bits per heavy atom. The number of hydrogen-bond acceptors (Lipinski definition) is 3. The van der Waals surface area contributed by atoms with Crippen molar-refractivity contribution in [2.45, 2.75) is 52.1 Å². The molecule has 1 amide bonds. The minimum Gasteiger partial charge on any atom is -0.378 e. The van der Waals surface area contributed by atoms with Gasteiger partial charge in [-0.2, -0.15) is 0 Å². The molecule has 2 N–H and O–H groups in total. The van der Waals surface area contributed by atoms with Gasteiger partial charge in [-0.15, -0.1) is 0 Å². The molecule has 2 heterocycles. The van der Waals surface area contributed by atoms with E-state index < -0.39 is 0 Å². The Kier molecular flexibility index (Phi) is 6.30. The fourth-order valence-electron chi connectivity index (χ4n) is 3.45. The number of hydrogen-bond donors (Lipinski definition) is 2. The van der Waals surface area contributed by atoms with Crippen molar-refractivity contribution in [2.24, 2.45) is 17.8 Å². The predicted molar refractivity (Wildman–Crippen MR) is 80.5 cm³/mol. The van der Waals surface area contributed by atoms with Crippen LogP contribution in [0.2, 0.25) is 0 Å². The van der Waals surface area contributed by atoms with E-state index in [1.54, 1.807) is 0 Å². The van der Waals surface area contributed by atoms with Crippen LogP contribution >= 0.6 is 0 Å². The summed E-state index contributed by atoms with van der Waals surface area (Å²) in [6, 6.07) is 0. The molecule has 0 saturated carbocycles. The van der Waals surface area contributed by atoms with Crippen LogP contribution in [0.15, 0.2) is 0 Å². The zero-order chi connectivity index (χ0) is 14.4. The topological polar surface area (TPSA) is 50.4 Å². The van der Waals surface area contributed by atoms with Gasteiger partial charge < -0.3 is 15.4 Å². The van der Waals surface area contributed by atoms with Crippen LogP contribution < -0.4 is 10.6 Å². The molecule has 2 aliphatic rings. The maximum absolute atomic E-state index is 11.9. The largest absolute Gasteiger partial charge is 0.378 e. The highest BCUT2D eigenvalue weighted by Gasteiger charge is 2.28. The summed E-state index contributed by atoms with van der Waals surface area (Å²) in [4.78, 5) is 11.9. The van der Waals surface area contributed by atoms with Crippen molar-refractivity contribution in [3.63, 3.8) is 0 Å². The quantitative estimate of drug-likeness (QED) is 0.783. The van der Waals surface area contributed by atoms with Gasteiger partial charge >= 0.3 is 0 Å². The Balaban J connectivity index is 1.66. The Morgan fingerprint density at radius 2 is 2.25 bits per heavy atom. The molecule has 0 radical (unpaired) electrons. The number of nitrogens with one attached hydrogen (secondary N) is 2. The average molecular weight is 282 g/mol. The average Bonchev–Trinajstić information content (AvgIpc) is 2.96. The molecule has 4 heteroatoms. The van der Waals surface area contributed by atoms with Gasteiger partial charge in [0.25, 0.3) is 0 Å². The van der Waals surface area contributed by atoms with E-state index in [0.29, 0.717) is 30.3 Å². The van der Waals surface area contributed by atoms with Crippen LogP contribution in [0, 0.1) is 17.8 Å². The molecule has 0 aromatic rings. The summed E-state index contributed by atoms with van der Waals surface area (Å²) < 4.78 is 5.87. The summed E-state index contributed by atoms with van der Waals surface area (Å²) in [5.41, 5.74) is 0. The molecule has 0 bridgehead atoms. The maximum Gasteiger partial charge on any atom is 0.220 e. The van der Waals surface area contributed by atoms with E-state index >= 15 is 0 Å². The van der Waals surface area contributed by atoms with Crippen molar-refractivity contribution in [3.8, 4) is 0 Å². The van der Waals surface area contributed by atoms with Gasteiger partial charge in [-0.05, 0) is 50.6 Å². The molecular formula is C16H30N2O2. The lowest BCUT2D eigenvalue weighted by Gasteiger charge is -2.34. The minimum atomic E-state index is 0.213. The molecule has 2 aliphatic heterocycles. The minimum absolute atomic E-state index is 0.213. The van der Waals surface area contributed by atoms with Crippen LogP contribution in [0.25, 0.3) is 0 Å². The summed E-state index contributed by atoms with van der Waals surface area (Å²) in [5, 5.41) is 6.47. The van der Waals surface area contributed by atoms with Crippen LogP contribution in [-0.2, 0) is 9.53 Å². The second-order valence-electron chi connectivity index (χ2n) is 6.68. The van der Waals surface area contributed by atoms with Crippen molar-refractivity contribution < 1.29 is 9.53 Å². The van der Waals surface area contributed by atoms with Gasteiger partial charge in [-0.1, -0.05) is 13.8 Å². The fraction of sp³-hybridized carbons (Fsp3) is 0.938. The summed E-state index contributed by atoms with van der Waals surface area (Å²) in [6.45, 7) is 8.27. The van der Waals surface area contributed by atoms with Crippen LogP contribution in [-0.4, -0.2) is 38.3 Å². The zero-order valence-electron chi connectivity index (χ0n) is 13.0. The van der Waals surface area contributed by atoms with E-state index in [1.807, 2.05) is 0 Å². The third-order valence-corrected chi connectivity index (χ3v) is 4.65. The molecule has 20 heavy (non-hydrogen) atoms. The molecule has 116 valence electrons. The molecule has 3 unspecified atom stereocenters. The number of carbonyl (C=O) groups excluding carboxylic acids is 1. The van der Waals surface area contributed by atoms with Crippen molar-refractivity contribution in [1.82, 2.24) is 10.6 Å². The Labute approximate surface area is 123 Å². The molecule has 0 aliphatic carbocycles. The summed E-state index contributed by atoms with van der Waals surface area (Å²) >= 11 is 0. The number of carbonyl (C=O) groups is 1. The maximum atomic E-state index is 11.9. The lowest BCUT2D eigenvalue weighted by atomic mass is 9.87. The van der Waals surface area contributed by atoms with Gasteiger partial charge in [-0.25, -0.2) is 0 Å². The molecular weight excluding hydrogens is 252 g/mol. The highest BCUT2D eigenvalue weighted by atomic mass is 16.5. The van der Waals surface area contributed by atoms with Crippen LogP contribution in [0.4, 0.5) is 0 Å². The van der Waals surface area contributed by atoms with Gasteiger partial charge in [0.05, 0.1) is 6.10 Å². The van der Waals surface area contributed by atoms with Crippen LogP contribution in [0.3, 0.4) is 0 Å². The highest BCUT2D eigenvalue weighted by Crippen LogP contribution is 2.25. The lowest BCUT2D eigenvalue weighted by Crippen LogP contribution is -2.41. The van der Waals surface area contributed by atoms with Gasteiger partial charge in [0.15, 0.2) is 0 Å². The molecule has 2 rings (SSSR count). The van der Waals surface area contributed by atoms with E-state index in [9.17, 15) is 4.79 Å². The zero-order valence-corrected chi connectivity index (χ0v) is 13.0. The number of rotatable bonds is 6. The first-order valence-electron chi connectivity index (χ1n) is 8.26. The molecule has 2 saturated heterocycles. The fourth-order valence-corrected chi connectivity index (χ4v) is 3.45. The summed E-state index contributed by atoms with van der Waals surface area (Å²) in [7, 11) is 0. The monoisotopic (exact) mass is 282 g/mol. The third-order valence-electron chi connectivity index (χ3n) is 4.65. The van der Waals surface area contributed by atoms with Crippen LogP contribution in [0.5, 0.6) is 0 Å². The second-order valence-corrected chi connectivity index (χ2v) is 6.68. The number of amides is 1. The van der Waals surface area contributed by atoms with Crippen molar-refractivity contribution in [2.75, 3.05) is 26.2 Å². The first-order valence-corrected chi connectivity index (χ1v) is 8.26. The molecule has 0 aromatic carbocycles. The van der Waals surface area contributed by atoms with Crippen molar-refractivity contribution in [1.29, 1.82) is 0 Å². The Morgan fingerprint density at radius 3 is 2.95 bits per heavy atom. The smallest absolute Gasteiger partial charge is 0.220 e. The van der Waals surface area contributed by atoms with E-state index in [2.05, 4.69) is 24.5 Å². The van der Waals surface area contributed by atoms with Crippen molar-refractivity contribution >= 4 is 5.91 Å². The Hall–Kier alpha value is -0.610. The molecule has 0 spiro atoms. The van der Waals surface area contributed by atoms with Gasteiger partial charge in [-0.3, -0.25) is 4.79 Å². The molecule has 3 atom stereocenters. The molecule has 4 nitrogen and oxygen atoms in total. The third kappa shape index (κ3) is 4.74. The normalized spacial score (nSPS) is 30.6. The number of ether oxygens (including phenoxy) is 1. The van der Waals surface area contributed by atoms with E-state index in [0.717, 1.165) is 39.1 Å².